The van der Waals surface area contributed by atoms with E-state index in [1.807, 2.05) is 0 Å². The van der Waals surface area contributed by atoms with E-state index >= 15 is 0 Å². The van der Waals surface area contributed by atoms with Gasteiger partial charge in [-0.1, -0.05) is 36.7 Å². The summed E-state index contributed by atoms with van der Waals surface area (Å²) in [4.78, 5) is 8.95. The van der Waals surface area contributed by atoms with E-state index in [0.717, 1.165) is 36.1 Å². The van der Waals surface area contributed by atoms with Crippen LogP contribution in [0.3, 0.4) is 0 Å². The highest BCUT2D eigenvalue weighted by molar-refractivity contribution is 6.29. The fourth-order valence-electron chi connectivity index (χ4n) is 2.53. The second-order valence-electron chi connectivity index (χ2n) is 5.73. The molecule has 0 aliphatic heterocycles. The summed E-state index contributed by atoms with van der Waals surface area (Å²) in [6.07, 6.45) is 4.49. The molecule has 0 unspecified atom stereocenters. The summed E-state index contributed by atoms with van der Waals surface area (Å²) in [6.45, 7) is 4.26. The first-order valence-electron chi connectivity index (χ1n) is 7.54. The molecule has 1 aromatic carbocycles. The molecule has 0 amide bonds. The molecule has 1 saturated carbocycles. The predicted octanol–water partition coefficient (Wildman–Crippen LogP) is 4.70. The SMILES string of the molecule is CCc1cccc(C)c1Nc1cc(Cl)nc(CC2CC2)n1. The van der Waals surface area contributed by atoms with Gasteiger partial charge in [0.25, 0.3) is 0 Å². The van der Waals surface area contributed by atoms with Crippen LogP contribution in [0.25, 0.3) is 0 Å². The summed E-state index contributed by atoms with van der Waals surface area (Å²) < 4.78 is 0. The van der Waals surface area contributed by atoms with E-state index in [9.17, 15) is 0 Å². The van der Waals surface area contributed by atoms with E-state index in [0.29, 0.717) is 5.15 Å². The van der Waals surface area contributed by atoms with E-state index < -0.39 is 0 Å². The van der Waals surface area contributed by atoms with Crippen LogP contribution in [0, 0.1) is 12.8 Å². The molecule has 0 atom stereocenters. The van der Waals surface area contributed by atoms with Gasteiger partial charge in [-0.15, -0.1) is 0 Å². The van der Waals surface area contributed by atoms with Gasteiger partial charge in [-0.25, -0.2) is 9.97 Å². The zero-order valence-electron chi connectivity index (χ0n) is 12.5. The molecule has 3 rings (SSSR count). The van der Waals surface area contributed by atoms with Gasteiger partial charge in [0.05, 0.1) is 0 Å². The van der Waals surface area contributed by atoms with Crippen molar-refractivity contribution in [3.05, 3.63) is 46.4 Å². The number of hydrogen-bond acceptors (Lipinski definition) is 3. The molecule has 1 aromatic heterocycles. The average Bonchev–Trinajstić information content (AvgIpc) is 3.24. The van der Waals surface area contributed by atoms with Gasteiger partial charge in [0, 0.05) is 18.2 Å². The number of aryl methyl sites for hydroxylation is 2. The molecule has 21 heavy (non-hydrogen) atoms. The van der Waals surface area contributed by atoms with Gasteiger partial charge in [0.15, 0.2) is 0 Å². The monoisotopic (exact) mass is 301 g/mol. The fourth-order valence-corrected chi connectivity index (χ4v) is 2.73. The van der Waals surface area contributed by atoms with Crippen molar-refractivity contribution in [1.29, 1.82) is 0 Å². The van der Waals surface area contributed by atoms with E-state index in [1.165, 1.54) is 24.0 Å². The van der Waals surface area contributed by atoms with Crippen LogP contribution in [0.15, 0.2) is 24.3 Å². The van der Waals surface area contributed by atoms with Crippen LogP contribution >= 0.6 is 11.6 Å². The molecule has 1 N–H and O–H groups in total. The third-order valence-electron chi connectivity index (χ3n) is 3.90. The van der Waals surface area contributed by atoms with Crippen molar-refractivity contribution in [3.8, 4) is 0 Å². The molecule has 0 radical (unpaired) electrons. The second-order valence-corrected chi connectivity index (χ2v) is 6.11. The number of nitrogens with zero attached hydrogens (tertiary/aromatic N) is 2. The van der Waals surface area contributed by atoms with Crippen molar-refractivity contribution in [1.82, 2.24) is 9.97 Å². The lowest BCUT2D eigenvalue weighted by Crippen LogP contribution is -2.04. The molecule has 0 spiro atoms. The van der Waals surface area contributed by atoms with Crippen molar-refractivity contribution >= 4 is 23.1 Å². The average molecular weight is 302 g/mol. The number of hydrogen-bond donors (Lipinski definition) is 1. The minimum Gasteiger partial charge on any atom is -0.340 e. The number of anilines is 2. The van der Waals surface area contributed by atoms with Crippen molar-refractivity contribution in [2.24, 2.45) is 5.92 Å². The molecular formula is C17H20ClN3. The largest absolute Gasteiger partial charge is 0.340 e. The summed E-state index contributed by atoms with van der Waals surface area (Å²) in [5.41, 5.74) is 3.63. The van der Waals surface area contributed by atoms with Gasteiger partial charge in [0.2, 0.25) is 0 Å². The Kier molecular flexibility index (Phi) is 4.11. The minimum absolute atomic E-state index is 0.509. The molecule has 1 aliphatic rings. The number of rotatable bonds is 5. The lowest BCUT2D eigenvalue weighted by molar-refractivity contribution is 0.771. The van der Waals surface area contributed by atoms with Crippen LogP contribution in [-0.2, 0) is 12.8 Å². The Hall–Kier alpha value is -1.61. The Bertz CT molecular complexity index is 650. The Balaban J connectivity index is 1.88. The third kappa shape index (κ3) is 3.53. The summed E-state index contributed by atoms with van der Waals surface area (Å²) >= 11 is 6.14. The molecule has 1 heterocycles. The summed E-state index contributed by atoms with van der Waals surface area (Å²) in [5, 5.41) is 3.94. The van der Waals surface area contributed by atoms with Gasteiger partial charge >= 0.3 is 0 Å². The van der Waals surface area contributed by atoms with Gasteiger partial charge in [-0.3, -0.25) is 0 Å². The molecule has 2 aromatic rings. The van der Waals surface area contributed by atoms with Crippen LogP contribution in [-0.4, -0.2) is 9.97 Å². The van der Waals surface area contributed by atoms with Crippen LogP contribution in [0.5, 0.6) is 0 Å². The molecule has 4 heteroatoms. The first-order valence-corrected chi connectivity index (χ1v) is 7.92. The van der Waals surface area contributed by atoms with Gasteiger partial charge < -0.3 is 5.32 Å². The number of benzene rings is 1. The highest BCUT2D eigenvalue weighted by Crippen LogP contribution is 2.32. The summed E-state index contributed by atoms with van der Waals surface area (Å²) in [6, 6.07) is 8.13. The van der Waals surface area contributed by atoms with E-state index in [4.69, 9.17) is 11.6 Å². The minimum atomic E-state index is 0.509. The smallest absolute Gasteiger partial charge is 0.135 e. The van der Waals surface area contributed by atoms with Crippen LogP contribution < -0.4 is 5.32 Å². The fraction of sp³-hybridized carbons (Fsp3) is 0.412. The van der Waals surface area contributed by atoms with Crippen LogP contribution in [0.4, 0.5) is 11.5 Å². The normalized spacial score (nSPS) is 14.2. The van der Waals surface area contributed by atoms with Crippen LogP contribution in [0.1, 0.15) is 36.7 Å². The van der Waals surface area contributed by atoms with Crippen molar-refractivity contribution < 1.29 is 0 Å². The van der Waals surface area contributed by atoms with Gasteiger partial charge in [0.1, 0.15) is 16.8 Å². The highest BCUT2D eigenvalue weighted by atomic mass is 35.5. The van der Waals surface area contributed by atoms with E-state index in [2.05, 4.69) is 47.3 Å². The zero-order chi connectivity index (χ0) is 14.8. The molecule has 110 valence electrons. The topological polar surface area (TPSA) is 37.8 Å². The second kappa shape index (κ2) is 6.02. The Labute approximate surface area is 130 Å². The molecule has 1 aliphatic carbocycles. The Morgan fingerprint density at radius 2 is 2.10 bits per heavy atom. The van der Waals surface area contributed by atoms with Gasteiger partial charge in [-0.05, 0) is 43.2 Å². The zero-order valence-corrected chi connectivity index (χ0v) is 13.2. The maximum absolute atomic E-state index is 6.14. The predicted molar refractivity (Wildman–Crippen MR) is 87.3 cm³/mol. The number of halogens is 1. The maximum Gasteiger partial charge on any atom is 0.135 e. The number of aromatic nitrogens is 2. The van der Waals surface area contributed by atoms with Crippen molar-refractivity contribution in [3.63, 3.8) is 0 Å². The lowest BCUT2D eigenvalue weighted by Gasteiger charge is -2.14. The van der Waals surface area contributed by atoms with Crippen LogP contribution in [0.2, 0.25) is 5.15 Å². The first kappa shape index (κ1) is 14.3. The number of nitrogens with one attached hydrogen (secondary N) is 1. The summed E-state index contributed by atoms with van der Waals surface area (Å²) in [7, 11) is 0. The Morgan fingerprint density at radius 1 is 1.29 bits per heavy atom. The molecule has 1 fully saturated rings. The number of para-hydroxylation sites is 1. The molecule has 0 saturated heterocycles. The highest BCUT2D eigenvalue weighted by Gasteiger charge is 2.23. The Morgan fingerprint density at radius 3 is 2.81 bits per heavy atom. The standard InChI is InChI=1S/C17H20ClN3/c1-3-13-6-4-5-11(2)17(13)21-16-10-14(18)19-15(20-16)9-12-7-8-12/h4-6,10,12H,3,7-9H2,1-2H3,(H,19,20,21). The van der Waals surface area contributed by atoms with Gasteiger partial charge in [-0.2, -0.15) is 0 Å². The maximum atomic E-state index is 6.14. The molecule has 0 bridgehead atoms. The lowest BCUT2D eigenvalue weighted by atomic mass is 10.1. The molecular weight excluding hydrogens is 282 g/mol. The van der Waals surface area contributed by atoms with E-state index in [1.54, 1.807) is 6.07 Å². The van der Waals surface area contributed by atoms with Crippen molar-refractivity contribution in [2.75, 3.05) is 5.32 Å². The molecule has 3 nitrogen and oxygen atoms in total. The van der Waals surface area contributed by atoms with Crippen molar-refractivity contribution in [2.45, 2.75) is 39.5 Å². The first-order chi connectivity index (χ1) is 10.2. The van der Waals surface area contributed by atoms with E-state index in [-0.39, 0.29) is 0 Å². The third-order valence-corrected chi connectivity index (χ3v) is 4.10. The summed E-state index contributed by atoms with van der Waals surface area (Å²) in [5.74, 6) is 2.38. The quantitative estimate of drug-likeness (QED) is 0.814.